The number of pyridine rings is 1. The molecule has 0 radical (unpaired) electrons. The minimum Gasteiger partial charge on any atom is -0.491 e. The number of hydrogen-bond donors (Lipinski definition) is 0. The van der Waals surface area contributed by atoms with E-state index in [1.807, 2.05) is 56.5 Å². The molecule has 4 heteroatoms. The van der Waals surface area contributed by atoms with Gasteiger partial charge < -0.3 is 4.74 Å². The monoisotopic (exact) mass is 347 g/mol. The second kappa shape index (κ2) is 6.54. The first-order valence-corrected chi connectivity index (χ1v) is 9.11. The number of nitrogens with zero attached hydrogens (tertiary/aromatic N) is 2. The molecule has 0 saturated carbocycles. The third-order valence-corrected chi connectivity index (χ3v) is 5.18. The van der Waals surface area contributed by atoms with Gasteiger partial charge >= 0.3 is 5.91 Å². The van der Waals surface area contributed by atoms with E-state index in [1.165, 1.54) is 11.1 Å². The fraction of sp³-hybridized carbons (Fsp3) is 0.273. The fourth-order valence-electron chi connectivity index (χ4n) is 4.15. The first-order valence-electron chi connectivity index (χ1n) is 9.11. The molecule has 0 spiro atoms. The van der Waals surface area contributed by atoms with E-state index in [2.05, 4.69) is 11.1 Å². The van der Waals surface area contributed by atoms with Crippen LogP contribution in [0.25, 0.3) is 0 Å². The van der Waals surface area contributed by atoms with Gasteiger partial charge in [0.25, 0.3) is 0 Å². The maximum atomic E-state index is 13.2. The molecule has 2 aromatic rings. The first-order chi connectivity index (χ1) is 12.6. The van der Waals surface area contributed by atoms with Gasteiger partial charge in [0.2, 0.25) is 0 Å². The molecule has 26 heavy (non-hydrogen) atoms. The van der Waals surface area contributed by atoms with Crippen molar-refractivity contribution in [2.45, 2.75) is 38.8 Å². The molecule has 2 unspecified atom stereocenters. The highest BCUT2D eigenvalue weighted by Crippen LogP contribution is 2.47. The molecule has 2 atom stereocenters. The molecule has 1 aromatic heterocycles. The molecule has 0 N–H and O–H groups in total. The van der Waals surface area contributed by atoms with Crippen LogP contribution in [0.2, 0.25) is 0 Å². The second-order valence-corrected chi connectivity index (χ2v) is 7.07. The minimum absolute atomic E-state index is 0.0387. The van der Waals surface area contributed by atoms with Gasteiger partial charge in [0.05, 0.1) is 6.10 Å². The third-order valence-electron chi connectivity index (χ3n) is 5.18. The Kier molecular flexibility index (Phi) is 4.21. The highest BCUT2D eigenvalue weighted by molar-refractivity contribution is 6.00. The van der Waals surface area contributed by atoms with Gasteiger partial charge in [-0.3, -0.25) is 4.98 Å². The summed E-state index contributed by atoms with van der Waals surface area (Å²) < 4.78 is 6.20. The summed E-state index contributed by atoms with van der Waals surface area (Å²) in [6.07, 6.45) is 12.9. The summed E-state index contributed by atoms with van der Waals surface area (Å²) in [4.78, 5) is 17.3. The Balaban J connectivity index is 1.86. The van der Waals surface area contributed by atoms with Gasteiger partial charge in [-0.25, -0.2) is 4.79 Å². The van der Waals surface area contributed by atoms with Crippen molar-refractivity contribution in [1.29, 1.82) is 0 Å². The van der Waals surface area contributed by atoms with Crippen LogP contribution >= 0.6 is 0 Å². The van der Waals surface area contributed by atoms with E-state index in [4.69, 9.17) is 4.74 Å². The Bertz CT molecular complexity index is 886. The molecule has 2 aliphatic rings. The van der Waals surface area contributed by atoms with Crippen molar-refractivity contribution in [3.05, 3.63) is 78.3 Å². The number of fused-ring (bicyclic) bond motifs is 1. The Labute approximate surface area is 154 Å². The van der Waals surface area contributed by atoms with Crippen LogP contribution in [0.1, 0.15) is 37.4 Å². The smallest absolute Gasteiger partial charge is 0.348 e. The summed E-state index contributed by atoms with van der Waals surface area (Å²) in [6, 6.07) is 10.1. The number of allylic oxidation sites excluding steroid dienone is 2. The molecule has 0 fully saturated rings. The molecule has 132 valence electrons. The standard InChI is InChI=1S/C22H23N2O2/c1-16(2)26-21-7-5-6-18-19(21)9-10-20(18)24(15-4-3-8-22(24)25)17-11-13-23-14-12-17/h3-8,11-16,20H,9-10H2,1-2H3/q+1. The number of carbonyl (C=O) groups excluding carboxylic acids is 1. The fourth-order valence-corrected chi connectivity index (χ4v) is 4.15. The van der Waals surface area contributed by atoms with Gasteiger partial charge in [0.15, 0.2) is 0 Å². The second-order valence-electron chi connectivity index (χ2n) is 7.07. The molecule has 4 nitrogen and oxygen atoms in total. The van der Waals surface area contributed by atoms with Crippen molar-refractivity contribution in [2.24, 2.45) is 0 Å². The van der Waals surface area contributed by atoms with Crippen LogP contribution in [0.4, 0.5) is 5.69 Å². The zero-order chi connectivity index (χ0) is 18.1. The number of carbonyl (C=O) groups is 1. The predicted octanol–water partition coefficient (Wildman–Crippen LogP) is 4.47. The van der Waals surface area contributed by atoms with Crippen molar-refractivity contribution in [1.82, 2.24) is 9.47 Å². The van der Waals surface area contributed by atoms with Gasteiger partial charge in [-0.15, -0.1) is 0 Å². The van der Waals surface area contributed by atoms with Crippen molar-refractivity contribution >= 4 is 11.6 Å². The van der Waals surface area contributed by atoms with Gasteiger partial charge in [-0.05, 0) is 38.5 Å². The molecule has 2 heterocycles. The van der Waals surface area contributed by atoms with Crippen LogP contribution in [0.3, 0.4) is 0 Å². The van der Waals surface area contributed by atoms with Gasteiger partial charge in [-0.2, -0.15) is 4.48 Å². The predicted molar refractivity (Wildman–Crippen MR) is 103 cm³/mol. The summed E-state index contributed by atoms with van der Waals surface area (Å²) in [5.74, 6) is 1.02. The van der Waals surface area contributed by atoms with Crippen LogP contribution in [-0.2, 0) is 11.2 Å². The van der Waals surface area contributed by atoms with Crippen LogP contribution in [0.15, 0.2) is 67.2 Å². The van der Waals surface area contributed by atoms with E-state index in [9.17, 15) is 4.79 Å². The number of amides is 1. The Hall–Kier alpha value is -2.72. The lowest BCUT2D eigenvalue weighted by molar-refractivity contribution is -0.125. The molecule has 1 aliphatic carbocycles. The molecule has 1 amide bonds. The van der Waals surface area contributed by atoms with Crippen molar-refractivity contribution in [3.63, 3.8) is 0 Å². The average molecular weight is 347 g/mol. The summed E-state index contributed by atoms with van der Waals surface area (Å²) in [6.45, 7) is 4.08. The van der Waals surface area contributed by atoms with Crippen LogP contribution in [0, 0.1) is 0 Å². The molecular weight excluding hydrogens is 324 g/mol. The highest BCUT2D eigenvalue weighted by atomic mass is 16.5. The normalized spacial score (nSPS) is 24.1. The lowest BCUT2D eigenvalue weighted by atomic mass is 10.0. The van der Waals surface area contributed by atoms with Gasteiger partial charge in [0.1, 0.15) is 23.7 Å². The maximum absolute atomic E-state index is 13.2. The van der Waals surface area contributed by atoms with E-state index < -0.39 is 0 Å². The highest BCUT2D eigenvalue weighted by Gasteiger charge is 2.48. The number of ether oxygens (including phenoxy) is 1. The van der Waals surface area contributed by atoms with Crippen molar-refractivity contribution in [3.8, 4) is 5.75 Å². The number of aromatic nitrogens is 1. The van der Waals surface area contributed by atoms with E-state index in [0.717, 1.165) is 24.3 Å². The zero-order valence-corrected chi connectivity index (χ0v) is 15.1. The molecule has 1 aromatic carbocycles. The Morgan fingerprint density at radius 1 is 1.15 bits per heavy atom. The maximum Gasteiger partial charge on any atom is 0.348 e. The number of benzene rings is 1. The van der Waals surface area contributed by atoms with Crippen molar-refractivity contribution < 1.29 is 9.53 Å². The number of hydrogen-bond acceptors (Lipinski definition) is 3. The zero-order valence-electron chi connectivity index (χ0n) is 15.1. The summed E-state index contributed by atoms with van der Waals surface area (Å²) in [5, 5.41) is 0. The van der Waals surface area contributed by atoms with Crippen LogP contribution in [0.5, 0.6) is 5.75 Å². The summed E-state index contributed by atoms with van der Waals surface area (Å²) in [7, 11) is 0. The van der Waals surface area contributed by atoms with E-state index in [1.54, 1.807) is 18.5 Å². The third kappa shape index (κ3) is 2.58. The van der Waals surface area contributed by atoms with E-state index in [-0.39, 0.29) is 22.5 Å². The molecule has 1 aliphatic heterocycles. The SMILES string of the molecule is CC(C)Oc1cccc2c1CCC2[N+]1(c2ccncc2)C=CC=CC1=O. The first kappa shape index (κ1) is 16.7. The molecule has 4 rings (SSSR count). The lowest BCUT2D eigenvalue weighted by Gasteiger charge is -2.37. The summed E-state index contributed by atoms with van der Waals surface area (Å²) >= 11 is 0. The molecular formula is C22H23N2O2+. The van der Waals surface area contributed by atoms with Gasteiger partial charge in [0, 0.05) is 48.2 Å². The van der Waals surface area contributed by atoms with E-state index in [0.29, 0.717) is 0 Å². The quantitative estimate of drug-likeness (QED) is 0.766. The van der Waals surface area contributed by atoms with Crippen LogP contribution in [-0.4, -0.2) is 17.0 Å². The average Bonchev–Trinajstić information content (AvgIpc) is 3.08. The molecule has 0 bridgehead atoms. The Morgan fingerprint density at radius 2 is 1.96 bits per heavy atom. The number of quaternary nitrogens is 1. The number of rotatable bonds is 4. The lowest BCUT2D eigenvalue weighted by Crippen LogP contribution is -2.51. The summed E-state index contributed by atoms with van der Waals surface area (Å²) in [5.41, 5.74) is 3.38. The molecule has 0 saturated heterocycles. The van der Waals surface area contributed by atoms with Gasteiger partial charge in [-0.1, -0.05) is 12.1 Å². The van der Waals surface area contributed by atoms with E-state index >= 15 is 0 Å². The largest absolute Gasteiger partial charge is 0.491 e. The van der Waals surface area contributed by atoms with Crippen LogP contribution < -0.4 is 9.22 Å². The van der Waals surface area contributed by atoms with Crippen molar-refractivity contribution in [2.75, 3.05) is 0 Å². The topological polar surface area (TPSA) is 39.2 Å². The minimum atomic E-state index is 0.0387. The Morgan fingerprint density at radius 3 is 2.69 bits per heavy atom.